The lowest BCUT2D eigenvalue weighted by Crippen LogP contribution is -2.50. The van der Waals surface area contributed by atoms with Gasteiger partial charge in [-0.15, -0.1) is 0 Å². The zero-order valence-corrected chi connectivity index (χ0v) is 19.2. The van der Waals surface area contributed by atoms with Gasteiger partial charge in [0.25, 0.3) is 5.91 Å². The molecular formula is C22H32N8O2. The molecule has 2 rings (SSSR count). The molecule has 0 bridgehead atoms. The zero-order chi connectivity index (χ0) is 24.1. The van der Waals surface area contributed by atoms with E-state index in [-0.39, 0.29) is 23.5 Å². The number of rotatable bonds is 8. The largest absolute Gasteiger partial charge is 0.336 e. The van der Waals surface area contributed by atoms with Crippen LogP contribution in [-0.4, -0.2) is 72.7 Å². The lowest BCUT2D eigenvalue weighted by molar-refractivity contribution is -0.131. The Balaban J connectivity index is 2.21. The number of pyridine rings is 1. The molecule has 1 saturated heterocycles. The summed E-state index contributed by atoms with van der Waals surface area (Å²) in [4.78, 5) is 36.9. The number of aromatic nitrogens is 1. The van der Waals surface area contributed by atoms with Gasteiger partial charge in [0.05, 0.1) is 0 Å². The molecule has 172 valence electrons. The second-order valence-corrected chi connectivity index (χ2v) is 8.39. The first-order chi connectivity index (χ1) is 15.0. The first-order valence-corrected chi connectivity index (χ1v) is 10.3. The van der Waals surface area contributed by atoms with Crippen LogP contribution in [0.4, 0.5) is 5.82 Å². The standard InChI is InChI=1S/C22H32N8O2/c1-14(24)15(11-23)13-29(5)18-8-6-7-16(27-18)20(31)28-17(12-26-4)19(25)30-10-9-22(2,3)21(30)32/h6-8,11-14,17,23,25H,9-10,24H2,1-5H3,(H,28,31). The van der Waals surface area contributed by atoms with Gasteiger partial charge >= 0.3 is 0 Å². The summed E-state index contributed by atoms with van der Waals surface area (Å²) in [5.41, 5.74) is 6.07. The predicted octanol–water partition coefficient (Wildman–Crippen LogP) is 1.43. The third-order valence-electron chi connectivity index (χ3n) is 5.32. The summed E-state index contributed by atoms with van der Waals surface area (Å²) in [5, 5.41) is 18.7. The van der Waals surface area contributed by atoms with Crippen molar-refractivity contribution in [3.05, 3.63) is 35.7 Å². The third kappa shape index (κ3) is 5.64. The average molecular weight is 441 g/mol. The monoisotopic (exact) mass is 440 g/mol. The van der Waals surface area contributed by atoms with Crippen molar-refractivity contribution >= 4 is 35.9 Å². The first kappa shape index (κ1) is 24.9. The molecule has 0 saturated carbocycles. The molecule has 2 amide bonds. The molecule has 2 atom stereocenters. The van der Waals surface area contributed by atoms with Crippen molar-refractivity contribution in [3.63, 3.8) is 0 Å². The Morgan fingerprint density at radius 2 is 2.12 bits per heavy atom. The van der Waals surface area contributed by atoms with Gasteiger partial charge in [-0.05, 0) is 25.5 Å². The molecule has 0 aromatic carbocycles. The fraction of sp³-hybridized carbons (Fsp3) is 0.455. The van der Waals surface area contributed by atoms with E-state index in [4.69, 9.17) is 16.6 Å². The van der Waals surface area contributed by atoms with E-state index in [2.05, 4.69) is 15.3 Å². The number of carbonyl (C=O) groups excluding carboxylic acids is 2. The number of nitrogens with one attached hydrogen (secondary N) is 3. The Bertz CT molecular complexity index is 951. The second-order valence-electron chi connectivity index (χ2n) is 8.39. The minimum absolute atomic E-state index is 0.0247. The topological polar surface area (TPSA) is 152 Å². The summed E-state index contributed by atoms with van der Waals surface area (Å²) in [6.45, 7) is 5.90. The van der Waals surface area contributed by atoms with Crippen molar-refractivity contribution in [1.29, 1.82) is 10.8 Å². The zero-order valence-electron chi connectivity index (χ0n) is 19.2. The van der Waals surface area contributed by atoms with Gasteiger partial charge in [-0.25, -0.2) is 4.98 Å². The molecule has 1 aromatic rings. The number of likely N-dealkylation sites (tertiary alicyclic amines) is 1. The highest BCUT2D eigenvalue weighted by molar-refractivity contribution is 6.11. The van der Waals surface area contributed by atoms with Crippen LogP contribution in [0.3, 0.4) is 0 Å². The Labute approximate surface area is 188 Å². The first-order valence-electron chi connectivity index (χ1n) is 10.3. The van der Waals surface area contributed by atoms with E-state index in [1.807, 2.05) is 13.8 Å². The number of nitrogens with two attached hydrogens (primary N) is 1. The molecule has 2 heterocycles. The highest BCUT2D eigenvalue weighted by Gasteiger charge is 2.41. The van der Waals surface area contributed by atoms with Crippen molar-refractivity contribution in [2.45, 2.75) is 39.3 Å². The number of hydrogen-bond donors (Lipinski definition) is 4. The number of amidine groups is 1. The third-order valence-corrected chi connectivity index (χ3v) is 5.32. The van der Waals surface area contributed by atoms with Crippen molar-refractivity contribution < 1.29 is 9.59 Å². The molecule has 2 unspecified atom stereocenters. The van der Waals surface area contributed by atoms with E-state index in [1.165, 1.54) is 17.3 Å². The van der Waals surface area contributed by atoms with E-state index < -0.39 is 17.4 Å². The summed E-state index contributed by atoms with van der Waals surface area (Å²) < 4.78 is 0. The normalized spacial score (nSPS) is 17.9. The molecule has 0 aliphatic carbocycles. The van der Waals surface area contributed by atoms with Gasteiger partial charge in [-0.2, -0.15) is 0 Å². The molecule has 10 nitrogen and oxygen atoms in total. The quantitative estimate of drug-likeness (QED) is 0.356. The van der Waals surface area contributed by atoms with Crippen LogP contribution in [0.5, 0.6) is 0 Å². The van der Waals surface area contributed by atoms with E-state index in [1.54, 1.807) is 50.3 Å². The molecule has 0 radical (unpaired) electrons. The highest BCUT2D eigenvalue weighted by Crippen LogP contribution is 2.30. The molecule has 1 aromatic heterocycles. The number of amides is 2. The summed E-state index contributed by atoms with van der Waals surface area (Å²) >= 11 is 0. The molecule has 1 fully saturated rings. The molecule has 0 spiro atoms. The van der Waals surface area contributed by atoms with Crippen LogP contribution in [0.1, 0.15) is 37.7 Å². The van der Waals surface area contributed by atoms with Gasteiger partial charge in [0.1, 0.15) is 23.4 Å². The Morgan fingerprint density at radius 3 is 2.66 bits per heavy atom. The summed E-state index contributed by atoms with van der Waals surface area (Å²) in [6.07, 6.45) is 4.93. The number of hydrogen-bond acceptors (Lipinski definition) is 8. The Hall–Kier alpha value is -3.40. The average Bonchev–Trinajstić information content (AvgIpc) is 3.03. The second kappa shape index (κ2) is 10.3. The summed E-state index contributed by atoms with van der Waals surface area (Å²) in [6, 6.07) is 3.80. The number of anilines is 1. The molecule has 5 N–H and O–H groups in total. The lowest BCUT2D eigenvalue weighted by Gasteiger charge is -2.25. The maximum atomic E-state index is 12.9. The van der Waals surface area contributed by atoms with Gasteiger partial charge in [-0.1, -0.05) is 19.9 Å². The van der Waals surface area contributed by atoms with Gasteiger partial charge < -0.3 is 21.4 Å². The van der Waals surface area contributed by atoms with Gasteiger partial charge in [0.2, 0.25) is 5.91 Å². The van der Waals surface area contributed by atoms with Crippen LogP contribution < -0.4 is 16.0 Å². The van der Waals surface area contributed by atoms with Crippen LogP contribution in [-0.2, 0) is 4.79 Å². The minimum Gasteiger partial charge on any atom is -0.336 e. The highest BCUT2D eigenvalue weighted by atomic mass is 16.2. The van der Waals surface area contributed by atoms with Crippen molar-refractivity contribution in [2.24, 2.45) is 16.1 Å². The maximum absolute atomic E-state index is 12.9. The Morgan fingerprint density at radius 1 is 1.44 bits per heavy atom. The molecule has 32 heavy (non-hydrogen) atoms. The molecular weight excluding hydrogens is 408 g/mol. The van der Waals surface area contributed by atoms with E-state index in [9.17, 15) is 9.59 Å². The summed E-state index contributed by atoms with van der Waals surface area (Å²) in [5.74, 6) is -0.173. The predicted molar refractivity (Wildman–Crippen MR) is 127 cm³/mol. The molecule has 1 aliphatic heterocycles. The summed E-state index contributed by atoms with van der Waals surface area (Å²) in [7, 11) is 3.29. The SMILES string of the molecule is CN=CC(NC(=O)c1cccc(N(C)C=C(C=N)C(C)N)n1)C(=N)N1CCC(C)(C)C1=O. The van der Waals surface area contributed by atoms with Crippen LogP contribution in [0.2, 0.25) is 0 Å². The van der Waals surface area contributed by atoms with Gasteiger partial charge in [0.15, 0.2) is 0 Å². The van der Waals surface area contributed by atoms with Crippen LogP contribution in [0.25, 0.3) is 0 Å². The van der Waals surface area contributed by atoms with Gasteiger partial charge in [-0.3, -0.25) is 24.9 Å². The van der Waals surface area contributed by atoms with E-state index in [0.717, 1.165) is 0 Å². The van der Waals surface area contributed by atoms with Crippen molar-refractivity contribution in [1.82, 2.24) is 15.2 Å². The fourth-order valence-corrected chi connectivity index (χ4v) is 3.23. The van der Waals surface area contributed by atoms with Crippen molar-refractivity contribution in [3.8, 4) is 0 Å². The lowest BCUT2D eigenvalue weighted by atomic mass is 9.92. The Kier molecular flexibility index (Phi) is 7.98. The fourth-order valence-electron chi connectivity index (χ4n) is 3.23. The smallest absolute Gasteiger partial charge is 0.270 e. The number of nitrogens with zero attached hydrogens (tertiary/aromatic N) is 4. The van der Waals surface area contributed by atoms with E-state index >= 15 is 0 Å². The molecule has 10 heteroatoms. The van der Waals surface area contributed by atoms with Crippen molar-refractivity contribution in [2.75, 3.05) is 25.5 Å². The number of carbonyl (C=O) groups is 2. The van der Waals surface area contributed by atoms with Crippen LogP contribution >= 0.6 is 0 Å². The van der Waals surface area contributed by atoms with E-state index in [0.29, 0.717) is 24.4 Å². The molecule has 1 aliphatic rings. The van der Waals surface area contributed by atoms with Crippen LogP contribution in [0.15, 0.2) is 35.0 Å². The van der Waals surface area contributed by atoms with Crippen LogP contribution in [0, 0.1) is 16.2 Å². The minimum atomic E-state index is -0.865. The number of aliphatic imine (C=N–C) groups is 1. The maximum Gasteiger partial charge on any atom is 0.270 e. The van der Waals surface area contributed by atoms with Gasteiger partial charge in [0, 0.05) is 56.3 Å².